The molecule has 1 aromatic heterocycles. The summed E-state index contributed by atoms with van der Waals surface area (Å²) in [5, 5.41) is 12.4. The lowest BCUT2D eigenvalue weighted by Crippen LogP contribution is -2.46. The Morgan fingerprint density at radius 3 is 2.62 bits per heavy atom. The Balaban J connectivity index is 1.68. The monoisotopic (exact) mass is 497 g/mol. The zero-order chi connectivity index (χ0) is 25.0. The molecule has 2 N–H and O–H groups in total. The average Bonchev–Trinajstić information content (AvgIpc) is 3.26. The Morgan fingerprint density at radius 1 is 1.21 bits per heavy atom. The highest BCUT2D eigenvalue weighted by atomic mass is 32.2. The van der Waals surface area contributed by atoms with E-state index in [2.05, 4.69) is 5.32 Å². The van der Waals surface area contributed by atoms with Crippen LogP contribution in [0.25, 0.3) is 0 Å². The quantitative estimate of drug-likeness (QED) is 0.166. The number of imidazole rings is 1. The van der Waals surface area contributed by atoms with Gasteiger partial charge in [0.15, 0.2) is 0 Å². The van der Waals surface area contributed by atoms with Gasteiger partial charge in [0.2, 0.25) is 12.2 Å². The minimum Gasteiger partial charge on any atom is -0.748 e. The number of carbonyl (C=O) groups excluding carboxylic acids is 2. The second-order valence-electron chi connectivity index (χ2n) is 8.15. The van der Waals surface area contributed by atoms with Crippen molar-refractivity contribution in [2.45, 2.75) is 39.5 Å². The summed E-state index contributed by atoms with van der Waals surface area (Å²) in [4.78, 5) is 24.3. The zero-order valence-electron chi connectivity index (χ0n) is 19.1. The number of aliphatic hydroxyl groups excluding tert-OH is 1. The molecule has 34 heavy (non-hydrogen) atoms. The highest BCUT2D eigenvalue weighted by Gasteiger charge is 2.34. The Bertz CT molecular complexity index is 1030. The number of carbonyl (C=O) groups is 2. The van der Waals surface area contributed by atoms with Gasteiger partial charge >= 0.3 is 6.16 Å². The summed E-state index contributed by atoms with van der Waals surface area (Å²) in [6.07, 6.45) is 5.26. The van der Waals surface area contributed by atoms with Crippen molar-refractivity contribution in [3.8, 4) is 0 Å². The maximum atomic E-state index is 12.5. The number of aliphatic hydroxyl groups is 1. The molecule has 0 aliphatic rings. The molecule has 1 aromatic carbocycles. The summed E-state index contributed by atoms with van der Waals surface area (Å²) >= 11 is 0. The lowest BCUT2D eigenvalue weighted by atomic mass is 9.92. The van der Waals surface area contributed by atoms with E-state index in [1.807, 2.05) is 22.8 Å². The third kappa shape index (κ3) is 9.89. The summed E-state index contributed by atoms with van der Waals surface area (Å²) in [6.45, 7) is 2.02. The second kappa shape index (κ2) is 13.1. The van der Waals surface area contributed by atoms with E-state index in [0.717, 1.165) is 5.56 Å². The first-order chi connectivity index (χ1) is 16.1. The van der Waals surface area contributed by atoms with E-state index in [4.69, 9.17) is 9.47 Å². The molecule has 0 aliphatic heterocycles. The molecule has 0 bridgehead atoms. The molecule has 2 aromatic rings. The molecular formula is C22H31N3O8S. The fourth-order valence-corrected chi connectivity index (χ4v) is 3.45. The third-order valence-electron chi connectivity index (χ3n) is 5.04. The summed E-state index contributed by atoms with van der Waals surface area (Å²) in [5.41, 5.74) is -0.518. The maximum absolute atomic E-state index is 12.5. The molecule has 11 nitrogen and oxygen atoms in total. The van der Waals surface area contributed by atoms with Crippen LogP contribution < -0.4 is 9.88 Å². The fraction of sp³-hybridized carbons (Fsp3) is 0.500. The van der Waals surface area contributed by atoms with Crippen LogP contribution in [0.5, 0.6) is 0 Å². The van der Waals surface area contributed by atoms with Crippen molar-refractivity contribution in [1.82, 2.24) is 9.88 Å². The van der Waals surface area contributed by atoms with Crippen LogP contribution in [0, 0.1) is 5.41 Å². The van der Waals surface area contributed by atoms with E-state index in [9.17, 15) is 27.7 Å². The highest BCUT2D eigenvalue weighted by Crippen LogP contribution is 2.17. The van der Waals surface area contributed by atoms with Crippen molar-refractivity contribution in [2.24, 2.45) is 5.41 Å². The van der Waals surface area contributed by atoms with Gasteiger partial charge in [-0.25, -0.2) is 22.3 Å². The van der Waals surface area contributed by atoms with Crippen LogP contribution in [0.1, 0.15) is 25.3 Å². The lowest BCUT2D eigenvalue weighted by molar-refractivity contribution is -0.696. The normalized spacial score (nSPS) is 13.1. The average molecular weight is 498 g/mol. The molecule has 1 amide bonds. The first-order valence-electron chi connectivity index (χ1n) is 10.8. The first-order valence-corrected chi connectivity index (χ1v) is 12.4. The van der Waals surface area contributed by atoms with Crippen molar-refractivity contribution in [3.63, 3.8) is 0 Å². The molecule has 0 spiro atoms. The lowest BCUT2D eigenvalue weighted by Gasteiger charge is -2.25. The van der Waals surface area contributed by atoms with Gasteiger partial charge in [-0.2, -0.15) is 0 Å². The van der Waals surface area contributed by atoms with Gasteiger partial charge in [-0.1, -0.05) is 30.3 Å². The number of aryl methyl sites for hydroxylation is 2. The van der Waals surface area contributed by atoms with E-state index in [1.54, 1.807) is 35.4 Å². The van der Waals surface area contributed by atoms with Crippen LogP contribution >= 0.6 is 0 Å². The zero-order valence-corrected chi connectivity index (χ0v) is 19.9. The van der Waals surface area contributed by atoms with Crippen molar-refractivity contribution in [1.29, 1.82) is 0 Å². The van der Waals surface area contributed by atoms with Crippen molar-refractivity contribution >= 4 is 22.2 Å². The first kappa shape index (κ1) is 27.3. The van der Waals surface area contributed by atoms with E-state index >= 15 is 0 Å². The van der Waals surface area contributed by atoms with Crippen LogP contribution in [0.4, 0.5) is 4.79 Å². The third-order valence-corrected chi connectivity index (χ3v) is 5.83. The van der Waals surface area contributed by atoms with Gasteiger partial charge in [0, 0.05) is 18.7 Å². The number of aromatic nitrogens is 2. The Hall–Kier alpha value is -2.96. The molecule has 12 heteroatoms. The van der Waals surface area contributed by atoms with Gasteiger partial charge in [0.1, 0.15) is 31.0 Å². The van der Waals surface area contributed by atoms with Crippen molar-refractivity contribution in [3.05, 3.63) is 54.6 Å². The number of ether oxygens (including phenoxy) is 2. The van der Waals surface area contributed by atoms with Gasteiger partial charge in [-0.15, -0.1) is 0 Å². The van der Waals surface area contributed by atoms with Gasteiger partial charge in [-0.05, 0) is 18.9 Å². The van der Waals surface area contributed by atoms with Gasteiger partial charge in [-0.3, -0.25) is 4.79 Å². The van der Waals surface area contributed by atoms with Crippen LogP contribution in [0.3, 0.4) is 0 Å². The SMILES string of the molecule is CC(CO)(COC(=O)OCc1ccccc1)C(=O)NCCC[n+]1ccn(CCCS(=O)(=O)[O-])c1. The Kier molecular flexibility index (Phi) is 10.5. The van der Waals surface area contributed by atoms with Crippen LogP contribution in [-0.4, -0.2) is 60.2 Å². The molecule has 1 unspecified atom stereocenters. The standard InChI is InChI=1S/C22H31N3O8S/c1-22(16-26,17-33-21(28)32-15-19-7-3-2-4-8-19)20(27)23-9-5-10-24-12-13-25(18-24)11-6-14-34(29,30)31/h2-4,7-8,12-13,18,26H,5-6,9-11,14-17H2,1H3,(H-,23,27,29,30,31). The minimum atomic E-state index is -4.21. The number of benzene rings is 1. The van der Waals surface area contributed by atoms with Gasteiger partial charge < -0.3 is 24.4 Å². The van der Waals surface area contributed by atoms with Crippen molar-refractivity contribution in [2.75, 3.05) is 25.5 Å². The van der Waals surface area contributed by atoms with Crippen LogP contribution in [0.2, 0.25) is 0 Å². The topological polar surface area (TPSA) is 151 Å². The van der Waals surface area contributed by atoms with E-state index in [0.29, 0.717) is 26.1 Å². The number of rotatable bonds is 14. The predicted octanol–water partition coefficient (Wildman–Crippen LogP) is 0.569. The maximum Gasteiger partial charge on any atom is 0.508 e. The predicted molar refractivity (Wildman–Crippen MR) is 119 cm³/mol. The van der Waals surface area contributed by atoms with Crippen LogP contribution in [-0.2, 0) is 44.1 Å². The molecule has 2 rings (SSSR count). The number of nitrogens with one attached hydrogen (secondary N) is 1. The molecule has 0 saturated carbocycles. The highest BCUT2D eigenvalue weighted by molar-refractivity contribution is 7.85. The van der Waals surface area contributed by atoms with Crippen molar-refractivity contribution < 1.29 is 41.7 Å². The number of nitrogens with zero attached hydrogens (tertiary/aromatic N) is 2. The minimum absolute atomic E-state index is 0.0405. The smallest absolute Gasteiger partial charge is 0.508 e. The van der Waals surface area contributed by atoms with E-state index in [1.165, 1.54) is 6.92 Å². The summed E-state index contributed by atoms with van der Waals surface area (Å²) < 4.78 is 45.7. The number of amides is 1. The van der Waals surface area contributed by atoms with E-state index in [-0.39, 0.29) is 19.6 Å². The largest absolute Gasteiger partial charge is 0.748 e. The molecule has 188 valence electrons. The summed E-state index contributed by atoms with van der Waals surface area (Å²) in [7, 11) is -4.21. The second-order valence-corrected chi connectivity index (χ2v) is 9.67. The van der Waals surface area contributed by atoms with Crippen LogP contribution in [0.15, 0.2) is 49.1 Å². The van der Waals surface area contributed by atoms with Gasteiger partial charge in [0.25, 0.3) is 0 Å². The molecular weight excluding hydrogens is 466 g/mol. The Labute approximate surface area is 199 Å². The molecule has 0 aliphatic carbocycles. The molecule has 0 fully saturated rings. The summed E-state index contributed by atoms with van der Waals surface area (Å²) in [5.74, 6) is -0.859. The fourth-order valence-electron chi connectivity index (χ4n) is 2.96. The summed E-state index contributed by atoms with van der Waals surface area (Å²) in [6, 6.07) is 9.08. The number of hydrogen-bond acceptors (Lipinski definition) is 8. The van der Waals surface area contributed by atoms with Gasteiger partial charge in [0.05, 0.1) is 29.8 Å². The molecule has 0 saturated heterocycles. The Morgan fingerprint density at radius 2 is 1.94 bits per heavy atom. The molecule has 1 heterocycles. The van der Waals surface area contributed by atoms with E-state index < -0.39 is 40.0 Å². The number of hydrogen-bond donors (Lipinski definition) is 2. The molecule has 0 radical (unpaired) electrons. The molecule has 1 atom stereocenters.